The highest BCUT2D eigenvalue weighted by molar-refractivity contribution is 6.74. The summed E-state index contributed by atoms with van der Waals surface area (Å²) >= 11 is 0. The van der Waals surface area contributed by atoms with Crippen molar-refractivity contribution < 1.29 is 4.42 Å². The third kappa shape index (κ3) is 6.68. The van der Waals surface area contributed by atoms with Crippen molar-refractivity contribution in [3.8, 4) is 22.3 Å². The lowest BCUT2D eigenvalue weighted by Crippen LogP contribution is -2.41. The van der Waals surface area contributed by atoms with Gasteiger partial charge >= 0.3 is 0 Å². The first-order chi connectivity index (χ1) is 32.1. The molecule has 1 aliphatic heterocycles. The largest absolute Gasteiger partial charge is 0.456 e. The summed E-state index contributed by atoms with van der Waals surface area (Å²) in [7, 11) is 2.46. The van der Waals surface area contributed by atoms with Gasteiger partial charge in [0.25, 0.3) is 0 Å². The number of benzene rings is 8. The van der Waals surface area contributed by atoms with Gasteiger partial charge in [0.05, 0.1) is 0 Å². The minimum Gasteiger partial charge on any atom is -0.456 e. The maximum atomic E-state index is 6.74. The van der Waals surface area contributed by atoms with Gasteiger partial charge in [-0.15, -0.1) is 0 Å². The van der Waals surface area contributed by atoms with Crippen LogP contribution in [0.15, 0.2) is 150 Å². The molecule has 0 saturated carbocycles. The van der Waals surface area contributed by atoms with Crippen molar-refractivity contribution in [3.05, 3.63) is 173 Å². The molecule has 0 bridgehead atoms. The number of furan rings is 1. The maximum Gasteiger partial charge on any atom is 0.197 e. The fraction of sp³-hybridized carbons (Fsp3) is 0.270. The van der Waals surface area contributed by atoms with Gasteiger partial charge in [-0.2, -0.15) is 0 Å². The summed E-state index contributed by atoms with van der Waals surface area (Å²) in [6.45, 7) is 21.7. The van der Waals surface area contributed by atoms with Gasteiger partial charge in [0, 0.05) is 50.2 Å². The summed E-state index contributed by atoms with van der Waals surface area (Å²) in [6.07, 6.45) is 4.69. The molecule has 1 N–H and O–H groups in total. The summed E-state index contributed by atoms with van der Waals surface area (Å²) in [5.74, 6) is 0. The van der Waals surface area contributed by atoms with Crippen molar-refractivity contribution >= 4 is 79.4 Å². The number of aryl methyl sites for hydroxylation is 1. The van der Waals surface area contributed by atoms with E-state index in [4.69, 9.17) is 4.42 Å². The Balaban J connectivity index is 1.14. The number of para-hydroxylation sites is 1. The van der Waals surface area contributed by atoms with Crippen molar-refractivity contribution in [2.45, 2.75) is 110 Å². The molecule has 3 nitrogen and oxygen atoms in total. The second kappa shape index (κ2) is 14.7. The zero-order chi connectivity index (χ0) is 46.2. The molecule has 0 saturated heterocycles. The van der Waals surface area contributed by atoms with E-state index in [2.05, 4.69) is 225 Å². The minimum absolute atomic E-state index is 0.0478. The van der Waals surface area contributed by atoms with Gasteiger partial charge in [0.1, 0.15) is 11.2 Å². The smallest absolute Gasteiger partial charge is 0.197 e. The number of hydrogen-bond acceptors (Lipinski definition) is 3. The molecule has 0 fully saturated rings. The first kappa shape index (κ1) is 41.9. The Hall–Kier alpha value is -6.52. The van der Waals surface area contributed by atoms with E-state index >= 15 is 0 Å². The van der Waals surface area contributed by atoms with Crippen LogP contribution in [0.5, 0.6) is 0 Å². The van der Waals surface area contributed by atoms with Crippen LogP contribution >= 0.6 is 0 Å². The van der Waals surface area contributed by atoms with Crippen molar-refractivity contribution in [3.63, 3.8) is 0 Å². The summed E-state index contributed by atoms with van der Waals surface area (Å²) < 4.78 is 6.74. The number of fused-ring (bicyclic) bond motifs is 9. The molecule has 0 atom stereocenters. The zero-order valence-corrected chi connectivity index (χ0v) is 40.6. The maximum absolute atomic E-state index is 6.74. The third-order valence-corrected chi connectivity index (χ3v) is 16.3. The van der Waals surface area contributed by atoms with Crippen LogP contribution in [0.25, 0.3) is 55.0 Å². The molecule has 3 aliphatic rings. The van der Waals surface area contributed by atoms with E-state index in [1.165, 1.54) is 90.5 Å². The molecule has 0 amide bonds. The molecular weight excluding hydrogens is 812 g/mol. The molecular formula is C63H60BN2O. The predicted octanol–water partition coefficient (Wildman–Crippen LogP) is 16.3. The molecule has 67 heavy (non-hydrogen) atoms. The van der Waals surface area contributed by atoms with Gasteiger partial charge in [-0.3, -0.25) is 0 Å². The normalized spacial score (nSPS) is 17.4. The Morgan fingerprint density at radius 3 is 1.88 bits per heavy atom. The zero-order valence-electron chi connectivity index (χ0n) is 40.6. The minimum atomic E-state index is 0.0478. The second-order valence-corrected chi connectivity index (χ2v) is 22.6. The van der Waals surface area contributed by atoms with Gasteiger partial charge in [0.15, 0.2) is 7.28 Å². The van der Waals surface area contributed by atoms with E-state index in [9.17, 15) is 0 Å². The van der Waals surface area contributed by atoms with Gasteiger partial charge in [0.2, 0.25) is 0 Å². The van der Waals surface area contributed by atoms with Crippen LogP contribution in [0.2, 0.25) is 0 Å². The van der Waals surface area contributed by atoms with E-state index in [1.54, 1.807) is 0 Å². The highest BCUT2D eigenvalue weighted by Crippen LogP contribution is 2.52. The standard InChI is InChI=1S/C63H60BN2O/c1-38-31-49-51(63(8,9)30-29-61(49,4)5)37-55(38)66-54-26-23-40(39-17-11-10-12-18-39)33-52(54)64-58-47(32-41-19-13-14-20-43(41)59(58)66)45-36-57-46(44-21-15-16-22-56(44)67-57)35-53(45)65-42-24-25-48-50(34-42)62(6,7)28-27-60(48,2)3/h10-26,31-37,65H,27-30H2,1-9H3. The third-order valence-electron chi connectivity index (χ3n) is 16.3. The summed E-state index contributed by atoms with van der Waals surface area (Å²) in [6, 6.07) is 54.6. The summed E-state index contributed by atoms with van der Waals surface area (Å²) in [4.78, 5) is 2.61. The molecule has 2 aliphatic carbocycles. The van der Waals surface area contributed by atoms with Gasteiger partial charge < -0.3 is 14.6 Å². The highest BCUT2D eigenvalue weighted by atomic mass is 16.3. The van der Waals surface area contributed by atoms with E-state index in [-0.39, 0.29) is 21.7 Å². The summed E-state index contributed by atoms with van der Waals surface area (Å²) in [5, 5.41) is 8.72. The van der Waals surface area contributed by atoms with Crippen molar-refractivity contribution in [1.82, 2.24) is 0 Å². The Bertz CT molecular complexity index is 3500. The molecule has 8 aromatic carbocycles. The molecule has 9 aromatic rings. The molecule has 1 aromatic heterocycles. The number of nitrogens with zero attached hydrogens (tertiary/aromatic N) is 1. The first-order valence-electron chi connectivity index (χ1n) is 24.5. The molecule has 2 heterocycles. The van der Waals surface area contributed by atoms with Crippen LogP contribution in [0.4, 0.5) is 28.4 Å². The molecule has 12 rings (SSSR count). The monoisotopic (exact) mass is 871 g/mol. The Morgan fingerprint density at radius 2 is 1.13 bits per heavy atom. The van der Waals surface area contributed by atoms with Crippen molar-refractivity contribution in [2.24, 2.45) is 0 Å². The van der Waals surface area contributed by atoms with Crippen LogP contribution in [-0.4, -0.2) is 7.28 Å². The highest BCUT2D eigenvalue weighted by Gasteiger charge is 2.40. The first-order valence-corrected chi connectivity index (χ1v) is 24.5. The topological polar surface area (TPSA) is 28.4 Å². The van der Waals surface area contributed by atoms with E-state index in [0.717, 1.165) is 57.3 Å². The van der Waals surface area contributed by atoms with Crippen LogP contribution in [0, 0.1) is 6.92 Å². The Kier molecular flexibility index (Phi) is 9.21. The van der Waals surface area contributed by atoms with Gasteiger partial charge in [-0.25, -0.2) is 0 Å². The van der Waals surface area contributed by atoms with Crippen molar-refractivity contribution in [1.29, 1.82) is 0 Å². The molecule has 1 radical (unpaired) electrons. The Morgan fingerprint density at radius 1 is 0.493 bits per heavy atom. The molecule has 331 valence electrons. The van der Waals surface area contributed by atoms with Crippen LogP contribution in [0.1, 0.15) is 109 Å². The number of nitrogens with one attached hydrogen (secondary N) is 1. The fourth-order valence-electron chi connectivity index (χ4n) is 12.0. The lowest BCUT2D eigenvalue weighted by molar-refractivity contribution is 0.332. The van der Waals surface area contributed by atoms with Crippen LogP contribution < -0.4 is 21.1 Å². The van der Waals surface area contributed by atoms with E-state index < -0.39 is 0 Å². The lowest BCUT2D eigenvalue weighted by atomic mass is 9.57. The van der Waals surface area contributed by atoms with E-state index in [0.29, 0.717) is 0 Å². The molecule has 0 spiro atoms. The van der Waals surface area contributed by atoms with Crippen LogP contribution in [0.3, 0.4) is 0 Å². The molecule has 4 heteroatoms. The second-order valence-electron chi connectivity index (χ2n) is 22.6. The average molecular weight is 872 g/mol. The number of hydrogen-bond donors (Lipinski definition) is 1. The van der Waals surface area contributed by atoms with Gasteiger partial charge in [-0.05, 0) is 158 Å². The lowest BCUT2D eigenvalue weighted by Gasteiger charge is -2.44. The number of anilines is 5. The van der Waals surface area contributed by atoms with E-state index in [1.807, 2.05) is 0 Å². The SMILES string of the molecule is Cc1cc2c(cc1N1c3ccc(-c4ccccc4)cc3[B]c3c(-c4cc5oc6ccccc6c5cc4Nc4ccc5c(c4)C(C)(C)CCC5(C)C)cc4ccccc4c31)C(C)(C)CCC2(C)C. The average Bonchev–Trinajstić information content (AvgIpc) is 3.68. The van der Waals surface area contributed by atoms with Gasteiger partial charge in [-0.1, -0.05) is 158 Å². The van der Waals surface area contributed by atoms with Crippen LogP contribution in [-0.2, 0) is 21.7 Å². The summed E-state index contributed by atoms with van der Waals surface area (Å²) in [5.41, 5.74) is 22.1. The van der Waals surface area contributed by atoms with Crippen molar-refractivity contribution in [2.75, 3.05) is 10.2 Å². The quantitative estimate of drug-likeness (QED) is 0.175. The fourth-order valence-corrected chi connectivity index (χ4v) is 12.0. The molecule has 0 unspecified atom stereocenters. The number of rotatable bonds is 5. The Labute approximate surface area is 397 Å². The predicted molar refractivity (Wildman–Crippen MR) is 287 cm³/mol.